The molecule has 1 saturated heterocycles. The van der Waals surface area contributed by atoms with Gasteiger partial charge in [-0.05, 0) is 48.2 Å². The second kappa shape index (κ2) is 5.13. The number of anilines is 1. The topological polar surface area (TPSA) is 54.5 Å². The van der Waals surface area contributed by atoms with Crippen molar-refractivity contribution in [2.45, 2.75) is 32.1 Å². The molecule has 0 unspecified atom stereocenters. The Hall–Kier alpha value is -2.75. The number of hydrogen-bond acceptors (Lipinski definition) is 3. The molecule has 1 aliphatic heterocycles. The van der Waals surface area contributed by atoms with E-state index < -0.39 is 17.8 Å². The maximum atomic E-state index is 13.2. The minimum Gasteiger partial charge on any atom is -0.299 e. The average Bonchev–Trinajstić information content (AvgIpc) is 2.90. The summed E-state index contributed by atoms with van der Waals surface area (Å²) in [5.41, 5.74) is 4.79. The van der Waals surface area contributed by atoms with E-state index in [1.54, 1.807) is 0 Å². The zero-order chi connectivity index (χ0) is 18.2. The Kier molecular flexibility index (Phi) is 3.06. The van der Waals surface area contributed by atoms with Crippen LogP contribution >= 0.6 is 0 Å². The molecule has 2 amide bonds. The van der Waals surface area contributed by atoms with Crippen molar-refractivity contribution in [2.24, 2.45) is 11.8 Å². The van der Waals surface area contributed by atoms with E-state index >= 15 is 0 Å². The normalized spacial score (nSPS) is 29.2. The first-order chi connectivity index (χ1) is 12.5. The molecule has 4 nitrogen and oxygen atoms in total. The van der Waals surface area contributed by atoms with Gasteiger partial charge in [-0.3, -0.25) is 14.4 Å². The Morgan fingerprint density at radius 1 is 0.846 bits per heavy atom. The second-order valence-electron chi connectivity index (χ2n) is 7.72. The highest BCUT2D eigenvalue weighted by Crippen LogP contribution is 2.57. The van der Waals surface area contributed by atoms with Crippen LogP contribution in [0.2, 0.25) is 0 Å². The highest BCUT2D eigenvalue weighted by molar-refractivity contribution is 6.24. The van der Waals surface area contributed by atoms with Crippen molar-refractivity contribution in [3.8, 4) is 0 Å². The monoisotopic (exact) mass is 345 g/mol. The van der Waals surface area contributed by atoms with Crippen molar-refractivity contribution in [3.63, 3.8) is 0 Å². The Morgan fingerprint density at radius 2 is 1.54 bits per heavy atom. The molecule has 26 heavy (non-hydrogen) atoms. The molecule has 130 valence electrons. The van der Waals surface area contributed by atoms with Gasteiger partial charge in [0, 0.05) is 12.3 Å². The van der Waals surface area contributed by atoms with E-state index in [2.05, 4.69) is 0 Å². The van der Waals surface area contributed by atoms with Crippen LogP contribution in [0.5, 0.6) is 0 Å². The Morgan fingerprint density at radius 3 is 2.27 bits per heavy atom. The molecule has 4 aliphatic rings. The number of carbonyl (C=O) groups excluding carboxylic acids is 3. The summed E-state index contributed by atoms with van der Waals surface area (Å²) in [6.07, 6.45) is 0.364. The molecule has 1 saturated carbocycles. The summed E-state index contributed by atoms with van der Waals surface area (Å²) in [6.45, 7) is 3.97. The molecule has 0 radical (unpaired) electrons. The molecule has 0 aromatic heterocycles. The van der Waals surface area contributed by atoms with E-state index in [1.807, 2.05) is 56.3 Å². The Bertz CT molecular complexity index is 993. The van der Waals surface area contributed by atoms with Gasteiger partial charge in [0.2, 0.25) is 11.8 Å². The highest BCUT2D eigenvalue weighted by atomic mass is 16.2. The fourth-order valence-corrected chi connectivity index (χ4v) is 5.08. The maximum absolute atomic E-state index is 13.2. The third-order valence-electron chi connectivity index (χ3n) is 6.44. The van der Waals surface area contributed by atoms with Crippen LogP contribution in [0.4, 0.5) is 5.69 Å². The van der Waals surface area contributed by atoms with Crippen LogP contribution in [-0.2, 0) is 14.4 Å². The highest BCUT2D eigenvalue weighted by Gasteiger charge is 2.62. The molecule has 2 aromatic rings. The zero-order valence-electron chi connectivity index (χ0n) is 14.7. The maximum Gasteiger partial charge on any atom is 0.238 e. The average molecular weight is 345 g/mol. The fourth-order valence-electron chi connectivity index (χ4n) is 5.08. The number of benzene rings is 2. The van der Waals surface area contributed by atoms with Crippen LogP contribution in [0.3, 0.4) is 0 Å². The van der Waals surface area contributed by atoms with Crippen molar-refractivity contribution < 1.29 is 14.4 Å². The van der Waals surface area contributed by atoms with Gasteiger partial charge in [-0.1, -0.05) is 30.3 Å². The number of rotatable bonds is 1. The summed E-state index contributed by atoms with van der Waals surface area (Å²) >= 11 is 0. The lowest BCUT2D eigenvalue weighted by molar-refractivity contribution is -0.134. The molecule has 1 heterocycles. The molecule has 2 bridgehead atoms. The first kappa shape index (κ1) is 15.5. The van der Waals surface area contributed by atoms with E-state index in [4.69, 9.17) is 0 Å². The van der Waals surface area contributed by atoms with E-state index in [1.165, 1.54) is 4.90 Å². The molecular weight excluding hydrogens is 326 g/mol. The van der Waals surface area contributed by atoms with Gasteiger partial charge in [-0.2, -0.15) is 0 Å². The van der Waals surface area contributed by atoms with E-state index in [9.17, 15) is 14.4 Å². The number of hydrogen-bond donors (Lipinski definition) is 0. The number of carbonyl (C=O) groups is 3. The summed E-state index contributed by atoms with van der Waals surface area (Å²) in [4.78, 5) is 40.5. The Labute approximate surface area is 151 Å². The van der Waals surface area contributed by atoms with E-state index in [0.29, 0.717) is 12.1 Å². The van der Waals surface area contributed by atoms with Crippen LogP contribution in [0.25, 0.3) is 0 Å². The van der Waals surface area contributed by atoms with Gasteiger partial charge in [-0.15, -0.1) is 0 Å². The number of nitrogens with zero attached hydrogens (tertiary/aromatic N) is 1. The first-order valence-electron chi connectivity index (χ1n) is 9.05. The summed E-state index contributed by atoms with van der Waals surface area (Å²) in [5, 5.41) is 0. The number of ketones is 1. The van der Waals surface area contributed by atoms with Crippen LogP contribution < -0.4 is 4.90 Å². The summed E-state index contributed by atoms with van der Waals surface area (Å²) in [5.74, 6) is -1.90. The fraction of sp³-hybridized carbons (Fsp3) is 0.318. The molecule has 4 heteroatoms. The molecule has 4 atom stereocenters. The summed E-state index contributed by atoms with van der Waals surface area (Å²) in [6, 6.07) is 13.4. The number of Topliss-reactive ketones (excluding diaryl/α,β-unsaturated/α-hetero) is 1. The molecule has 3 aliphatic carbocycles. The molecule has 0 spiro atoms. The number of aryl methyl sites for hydroxylation is 2. The van der Waals surface area contributed by atoms with Crippen molar-refractivity contribution >= 4 is 23.3 Å². The van der Waals surface area contributed by atoms with Gasteiger partial charge in [0.25, 0.3) is 0 Å². The quantitative estimate of drug-likeness (QED) is 0.746. The van der Waals surface area contributed by atoms with Gasteiger partial charge >= 0.3 is 0 Å². The summed E-state index contributed by atoms with van der Waals surface area (Å²) in [7, 11) is 0. The van der Waals surface area contributed by atoms with Crippen LogP contribution in [0.1, 0.15) is 40.5 Å². The molecule has 6 rings (SSSR count). The van der Waals surface area contributed by atoms with Gasteiger partial charge in [0.1, 0.15) is 5.78 Å². The van der Waals surface area contributed by atoms with Crippen LogP contribution in [-0.4, -0.2) is 17.6 Å². The lowest BCUT2D eigenvalue weighted by Crippen LogP contribution is -2.44. The molecular formula is C22H19NO3. The number of fused-ring (bicyclic) bond motifs is 1. The lowest BCUT2D eigenvalue weighted by atomic mass is 9.56. The van der Waals surface area contributed by atoms with Gasteiger partial charge < -0.3 is 0 Å². The standard InChI is InChI=1S/C22H19NO3/c1-11-7-8-13(9-12(11)2)23-21(25)19-16-10-17(24)18(20(19)22(23)26)15-6-4-3-5-14(15)16/h3-9,16,18-20H,10H2,1-2H3/t16-,18+,19-,20-/m0/s1. The lowest BCUT2D eigenvalue weighted by Gasteiger charge is -2.43. The minimum absolute atomic E-state index is 0.0954. The largest absolute Gasteiger partial charge is 0.299 e. The van der Waals surface area contributed by atoms with Gasteiger partial charge in [-0.25, -0.2) is 4.90 Å². The van der Waals surface area contributed by atoms with Gasteiger partial charge in [0.15, 0.2) is 0 Å². The summed E-state index contributed by atoms with van der Waals surface area (Å²) < 4.78 is 0. The smallest absolute Gasteiger partial charge is 0.238 e. The van der Waals surface area contributed by atoms with Crippen molar-refractivity contribution in [1.29, 1.82) is 0 Å². The molecule has 2 fully saturated rings. The minimum atomic E-state index is -0.551. The van der Waals surface area contributed by atoms with Crippen LogP contribution in [0, 0.1) is 25.7 Å². The SMILES string of the molecule is Cc1ccc(N2C(=O)[C@@H]3[C@@H](C2=O)[C@H]2C(=O)C[C@H]3c3ccccc32)cc1C. The predicted molar refractivity (Wildman–Crippen MR) is 96.9 cm³/mol. The number of amides is 2. The van der Waals surface area contributed by atoms with E-state index in [-0.39, 0.29) is 23.5 Å². The van der Waals surface area contributed by atoms with Crippen molar-refractivity contribution in [3.05, 3.63) is 64.7 Å². The molecule has 0 N–H and O–H groups in total. The first-order valence-corrected chi connectivity index (χ1v) is 9.05. The Balaban J connectivity index is 1.65. The van der Waals surface area contributed by atoms with Gasteiger partial charge in [0.05, 0.1) is 23.4 Å². The van der Waals surface area contributed by atoms with Crippen molar-refractivity contribution in [2.75, 3.05) is 4.90 Å². The third kappa shape index (κ3) is 1.82. The third-order valence-corrected chi connectivity index (χ3v) is 6.44. The predicted octanol–water partition coefficient (Wildman–Crippen LogP) is 3.26. The second-order valence-corrected chi connectivity index (χ2v) is 7.72. The van der Waals surface area contributed by atoms with Crippen molar-refractivity contribution in [1.82, 2.24) is 0 Å². The van der Waals surface area contributed by atoms with E-state index in [0.717, 1.165) is 22.3 Å². The molecule has 2 aromatic carbocycles. The number of imide groups is 1. The van der Waals surface area contributed by atoms with Crippen LogP contribution in [0.15, 0.2) is 42.5 Å². The zero-order valence-corrected chi connectivity index (χ0v) is 14.7.